The molecule has 0 atom stereocenters. The van der Waals surface area contributed by atoms with Gasteiger partial charge in [0, 0.05) is 34.1 Å². The van der Waals surface area contributed by atoms with Gasteiger partial charge in [-0.15, -0.1) is 9.05 Å². The summed E-state index contributed by atoms with van der Waals surface area (Å²) < 4.78 is 21.9. The van der Waals surface area contributed by atoms with Gasteiger partial charge in [0.2, 0.25) is 0 Å². The second kappa shape index (κ2) is 19.3. The zero-order valence-electron chi connectivity index (χ0n) is 16.3. The summed E-state index contributed by atoms with van der Waals surface area (Å²) in [5, 5.41) is 0. The maximum atomic E-state index is 11.5. The second-order valence-corrected chi connectivity index (χ2v) is 8.05. The van der Waals surface area contributed by atoms with Crippen LogP contribution in [0, 0.1) is 11.8 Å². The summed E-state index contributed by atoms with van der Waals surface area (Å²) in [5.74, 6) is 1.59. The van der Waals surface area contributed by atoms with Crippen molar-refractivity contribution in [2.45, 2.75) is 91.9 Å². The Morgan fingerprint density at radius 3 is 1.35 bits per heavy atom. The molecule has 3 nitrogen and oxygen atoms in total. The third-order valence-corrected chi connectivity index (χ3v) is 4.53. The van der Waals surface area contributed by atoms with Crippen molar-refractivity contribution in [2.75, 3.05) is 13.2 Å². The van der Waals surface area contributed by atoms with E-state index in [1.807, 2.05) is 0 Å². The van der Waals surface area contributed by atoms with Crippen LogP contribution in [0.25, 0.3) is 0 Å². The van der Waals surface area contributed by atoms with Gasteiger partial charge < -0.3 is 0 Å². The van der Waals surface area contributed by atoms with Crippen LogP contribution in [0.2, 0.25) is 0 Å². The third kappa shape index (κ3) is 23.0. The van der Waals surface area contributed by atoms with Crippen molar-refractivity contribution in [2.24, 2.45) is 11.8 Å². The van der Waals surface area contributed by atoms with Crippen LogP contribution in [0.15, 0.2) is 0 Å². The molecular formula is C18H38NaO3P+. The average molecular weight is 356 g/mol. The first-order valence-corrected chi connectivity index (χ1v) is 10.3. The largest absolute Gasteiger partial charge is 0.697 e. The Morgan fingerprint density at radius 2 is 1.00 bits per heavy atom. The van der Waals surface area contributed by atoms with Crippen molar-refractivity contribution in [3.63, 3.8) is 0 Å². The molecule has 0 N–H and O–H groups in total. The average Bonchev–Trinajstić information content (AvgIpc) is 2.44. The molecule has 0 amide bonds. The Kier molecular flexibility index (Phi) is 22.1. The van der Waals surface area contributed by atoms with Crippen molar-refractivity contribution in [1.82, 2.24) is 0 Å². The van der Waals surface area contributed by atoms with E-state index in [1.165, 1.54) is 38.5 Å². The molecule has 23 heavy (non-hydrogen) atoms. The van der Waals surface area contributed by atoms with Crippen LogP contribution in [0.1, 0.15) is 91.9 Å². The minimum Gasteiger partial charge on any atom is -0.119 e. The first kappa shape index (κ1) is 26.3. The Labute approximate surface area is 167 Å². The van der Waals surface area contributed by atoms with Crippen molar-refractivity contribution in [3.05, 3.63) is 0 Å². The summed E-state index contributed by atoms with van der Waals surface area (Å²) in [6, 6.07) is 0. The fourth-order valence-corrected chi connectivity index (χ4v) is 2.96. The molecule has 0 saturated heterocycles. The number of rotatable bonds is 16. The molecule has 0 saturated carbocycles. The Morgan fingerprint density at radius 1 is 0.652 bits per heavy atom. The molecule has 1 radical (unpaired) electrons. The summed E-state index contributed by atoms with van der Waals surface area (Å²) in [7, 11) is -1.90. The molecule has 0 bridgehead atoms. The summed E-state index contributed by atoms with van der Waals surface area (Å²) in [4.78, 5) is 0. The third-order valence-electron chi connectivity index (χ3n) is 3.75. The zero-order chi connectivity index (χ0) is 16.6. The Hall–Kier alpha value is 1.02. The van der Waals surface area contributed by atoms with Gasteiger partial charge in [-0.2, -0.15) is 0 Å². The minimum atomic E-state index is -1.90. The Bertz CT molecular complexity index is 237. The van der Waals surface area contributed by atoms with Gasteiger partial charge in [-0.3, -0.25) is 0 Å². The topological polar surface area (TPSA) is 35.5 Å². The number of unbranched alkanes of at least 4 members (excludes halogenated alkanes) is 6. The number of hydrogen-bond donors (Lipinski definition) is 0. The maximum Gasteiger partial charge on any atom is 0.697 e. The monoisotopic (exact) mass is 356 g/mol. The quantitative estimate of drug-likeness (QED) is 0.180. The van der Waals surface area contributed by atoms with Gasteiger partial charge >= 0.3 is 8.25 Å². The van der Waals surface area contributed by atoms with E-state index in [9.17, 15) is 4.57 Å². The van der Waals surface area contributed by atoms with Gasteiger partial charge in [-0.25, -0.2) is 0 Å². The minimum absolute atomic E-state index is 0. The molecule has 0 aliphatic heterocycles. The van der Waals surface area contributed by atoms with Crippen LogP contribution in [0.4, 0.5) is 0 Å². The van der Waals surface area contributed by atoms with Gasteiger partial charge in [0.05, 0.1) is 0 Å². The predicted molar refractivity (Wildman–Crippen MR) is 101 cm³/mol. The van der Waals surface area contributed by atoms with Crippen molar-refractivity contribution < 1.29 is 13.6 Å². The van der Waals surface area contributed by atoms with Crippen molar-refractivity contribution in [3.8, 4) is 0 Å². The summed E-state index contributed by atoms with van der Waals surface area (Å²) in [6.07, 6.45) is 12.0. The van der Waals surface area contributed by atoms with Gasteiger partial charge in [-0.1, -0.05) is 79.1 Å². The predicted octanol–water partition coefficient (Wildman–Crippen LogP) is 6.51. The Balaban J connectivity index is 0. The van der Waals surface area contributed by atoms with E-state index in [2.05, 4.69) is 27.7 Å². The second-order valence-electron chi connectivity index (χ2n) is 7.08. The molecule has 0 aromatic rings. The van der Waals surface area contributed by atoms with Crippen LogP contribution < -0.4 is 0 Å². The normalized spacial score (nSPS) is 11.0. The van der Waals surface area contributed by atoms with Gasteiger partial charge in [-0.05, 0) is 24.7 Å². The summed E-state index contributed by atoms with van der Waals surface area (Å²) in [6.45, 7) is 10.2. The first-order chi connectivity index (χ1) is 10.5. The molecule has 0 aromatic carbocycles. The van der Waals surface area contributed by atoms with E-state index in [0.717, 1.165) is 37.5 Å². The van der Waals surface area contributed by atoms with E-state index in [-0.39, 0.29) is 29.6 Å². The zero-order valence-corrected chi connectivity index (χ0v) is 19.2. The molecule has 0 spiro atoms. The smallest absolute Gasteiger partial charge is 0.119 e. The molecule has 0 aliphatic rings. The van der Waals surface area contributed by atoms with E-state index >= 15 is 0 Å². The molecule has 133 valence electrons. The molecular weight excluding hydrogens is 318 g/mol. The SMILES string of the molecule is CC(C)CCCCCCO[P+](=O)OCCCCCCC(C)C.[Na]. The van der Waals surface area contributed by atoms with Crippen LogP contribution in [0.3, 0.4) is 0 Å². The van der Waals surface area contributed by atoms with E-state index in [1.54, 1.807) is 0 Å². The summed E-state index contributed by atoms with van der Waals surface area (Å²) >= 11 is 0. The van der Waals surface area contributed by atoms with Crippen molar-refractivity contribution >= 4 is 37.8 Å². The van der Waals surface area contributed by atoms with E-state index < -0.39 is 8.25 Å². The standard InChI is InChI=1S/C18H38O3P.Na/c1-17(2)13-9-5-7-11-15-20-22(19)21-16-12-8-6-10-14-18(3)4;/h17-18H,5-16H2,1-4H3;/q+1;. The van der Waals surface area contributed by atoms with Gasteiger partial charge in [0.25, 0.3) is 0 Å². The molecule has 5 heteroatoms. The van der Waals surface area contributed by atoms with Crippen molar-refractivity contribution in [1.29, 1.82) is 0 Å². The molecule has 0 aromatic heterocycles. The van der Waals surface area contributed by atoms with E-state index in [0.29, 0.717) is 13.2 Å². The molecule has 0 rings (SSSR count). The van der Waals surface area contributed by atoms with Crippen LogP contribution in [0.5, 0.6) is 0 Å². The number of hydrogen-bond acceptors (Lipinski definition) is 3. The summed E-state index contributed by atoms with van der Waals surface area (Å²) in [5.41, 5.74) is 0. The van der Waals surface area contributed by atoms with Gasteiger partial charge in [0.15, 0.2) is 0 Å². The maximum absolute atomic E-state index is 11.5. The van der Waals surface area contributed by atoms with Crippen LogP contribution >= 0.6 is 8.25 Å². The fraction of sp³-hybridized carbons (Fsp3) is 1.00. The molecule has 0 fully saturated rings. The van der Waals surface area contributed by atoms with Gasteiger partial charge in [0.1, 0.15) is 13.2 Å². The first-order valence-electron chi connectivity index (χ1n) is 9.25. The van der Waals surface area contributed by atoms with Crippen LogP contribution in [-0.4, -0.2) is 42.8 Å². The molecule has 0 unspecified atom stereocenters. The fourth-order valence-electron chi connectivity index (χ4n) is 2.33. The van der Waals surface area contributed by atoms with Crippen LogP contribution in [-0.2, 0) is 13.6 Å². The van der Waals surface area contributed by atoms with E-state index in [4.69, 9.17) is 9.05 Å². The molecule has 0 aliphatic carbocycles. The molecule has 0 heterocycles.